The number of nitrogens with zero attached hydrogens (tertiary/aromatic N) is 1. The number of amides is 1. The van der Waals surface area contributed by atoms with Gasteiger partial charge in [0.2, 0.25) is 0 Å². The van der Waals surface area contributed by atoms with Gasteiger partial charge in [0.05, 0.1) is 5.92 Å². The van der Waals surface area contributed by atoms with Crippen LogP contribution >= 0.6 is 0 Å². The molecular weight excluding hydrogens is 236 g/mol. The predicted octanol–water partition coefficient (Wildman–Crippen LogP) is 1.51. The summed E-state index contributed by atoms with van der Waals surface area (Å²) in [5.74, 6) is 0.522. The van der Waals surface area contributed by atoms with Crippen LogP contribution in [0, 0.1) is 18.8 Å². The summed E-state index contributed by atoms with van der Waals surface area (Å²) in [5, 5.41) is 6.15. The summed E-state index contributed by atoms with van der Waals surface area (Å²) < 4.78 is 9.89. The molecule has 98 valence electrons. The fourth-order valence-corrected chi connectivity index (χ4v) is 1.62. The van der Waals surface area contributed by atoms with Crippen LogP contribution in [-0.4, -0.2) is 23.1 Å². The van der Waals surface area contributed by atoms with E-state index in [1.807, 2.05) is 6.92 Å². The second-order valence-corrected chi connectivity index (χ2v) is 4.71. The molecule has 0 aliphatic heterocycles. The highest BCUT2D eigenvalue weighted by atomic mass is 16.5. The van der Waals surface area contributed by atoms with E-state index in [1.165, 1.54) is 6.92 Å². The number of carbonyl (C=O) groups is 2. The van der Waals surface area contributed by atoms with Gasteiger partial charge in [-0.2, -0.15) is 0 Å². The zero-order valence-corrected chi connectivity index (χ0v) is 10.6. The van der Waals surface area contributed by atoms with Crippen LogP contribution in [0.2, 0.25) is 0 Å². The van der Waals surface area contributed by atoms with Gasteiger partial charge in [-0.3, -0.25) is 9.59 Å². The molecule has 1 heterocycles. The van der Waals surface area contributed by atoms with E-state index < -0.39 is 12.0 Å². The van der Waals surface area contributed by atoms with Crippen LogP contribution in [0.15, 0.2) is 10.6 Å². The van der Waals surface area contributed by atoms with Gasteiger partial charge in [0, 0.05) is 6.07 Å². The van der Waals surface area contributed by atoms with Crippen molar-refractivity contribution in [2.45, 2.75) is 33.3 Å². The van der Waals surface area contributed by atoms with Crippen LogP contribution in [0.3, 0.4) is 0 Å². The molecule has 1 fully saturated rings. The van der Waals surface area contributed by atoms with Gasteiger partial charge in [-0.25, -0.2) is 0 Å². The molecule has 1 aromatic rings. The Balaban J connectivity index is 1.83. The maximum Gasteiger partial charge on any atom is 0.309 e. The Labute approximate surface area is 105 Å². The smallest absolute Gasteiger partial charge is 0.309 e. The van der Waals surface area contributed by atoms with Crippen molar-refractivity contribution >= 4 is 17.7 Å². The van der Waals surface area contributed by atoms with Gasteiger partial charge in [-0.1, -0.05) is 12.1 Å². The summed E-state index contributed by atoms with van der Waals surface area (Å²) >= 11 is 0. The highest BCUT2D eigenvalue weighted by molar-refractivity contribution is 5.94. The van der Waals surface area contributed by atoms with Gasteiger partial charge in [0.1, 0.15) is 5.76 Å². The standard InChI is InChI=1S/C12H16N2O4/c1-6-4-9(6)12(16)17-8(3)11(15)13-10-5-7(2)18-14-10/h5-6,8-9H,4H2,1-3H3,(H,13,14,15)/t6-,8-,9-/m0/s1. The Bertz CT molecular complexity index is 468. The largest absolute Gasteiger partial charge is 0.452 e. The number of esters is 1. The van der Waals surface area contributed by atoms with Crippen molar-refractivity contribution in [3.63, 3.8) is 0 Å². The molecule has 1 aliphatic carbocycles. The molecule has 0 saturated heterocycles. The Hall–Kier alpha value is -1.85. The average Bonchev–Trinajstić information content (AvgIpc) is 2.90. The van der Waals surface area contributed by atoms with Gasteiger partial charge in [-0.15, -0.1) is 0 Å². The summed E-state index contributed by atoms with van der Waals surface area (Å²) in [7, 11) is 0. The van der Waals surface area contributed by atoms with Crippen molar-refractivity contribution < 1.29 is 18.8 Å². The van der Waals surface area contributed by atoms with Crippen molar-refractivity contribution in [1.29, 1.82) is 0 Å². The van der Waals surface area contributed by atoms with E-state index in [1.54, 1.807) is 13.0 Å². The Morgan fingerprint density at radius 3 is 2.78 bits per heavy atom. The van der Waals surface area contributed by atoms with Crippen LogP contribution < -0.4 is 5.32 Å². The van der Waals surface area contributed by atoms with Crippen LogP contribution in [0.5, 0.6) is 0 Å². The SMILES string of the molecule is Cc1cc(NC(=O)[C@H](C)OC(=O)[C@H]2C[C@@H]2C)no1. The third-order valence-electron chi connectivity index (χ3n) is 2.95. The van der Waals surface area contributed by atoms with Crippen LogP contribution in [0.25, 0.3) is 0 Å². The number of hydrogen-bond acceptors (Lipinski definition) is 5. The zero-order valence-electron chi connectivity index (χ0n) is 10.6. The van der Waals surface area contributed by atoms with Gasteiger partial charge >= 0.3 is 5.97 Å². The highest BCUT2D eigenvalue weighted by Gasteiger charge is 2.41. The van der Waals surface area contributed by atoms with Gasteiger partial charge in [0.15, 0.2) is 11.9 Å². The molecule has 2 rings (SSSR count). The molecule has 18 heavy (non-hydrogen) atoms. The highest BCUT2D eigenvalue weighted by Crippen LogP contribution is 2.38. The minimum absolute atomic E-state index is 0.0467. The molecule has 6 nitrogen and oxygen atoms in total. The number of aryl methyl sites for hydroxylation is 1. The number of carbonyl (C=O) groups excluding carboxylic acids is 2. The predicted molar refractivity (Wildman–Crippen MR) is 62.7 cm³/mol. The van der Waals surface area contributed by atoms with Crippen molar-refractivity contribution in [2.24, 2.45) is 11.8 Å². The molecule has 0 aromatic carbocycles. The molecule has 6 heteroatoms. The summed E-state index contributed by atoms with van der Waals surface area (Å²) in [4.78, 5) is 23.3. The number of ether oxygens (including phenoxy) is 1. The molecule has 1 saturated carbocycles. The maximum atomic E-state index is 11.7. The number of anilines is 1. The first-order valence-electron chi connectivity index (χ1n) is 5.92. The Morgan fingerprint density at radius 2 is 2.28 bits per heavy atom. The minimum Gasteiger partial charge on any atom is -0.452 e. The molecule has 0 radical (unpaired) electrons. The number of aromatic nitrogens is 1. The normalized spacial score (nSPS) is 23.3. The Morgan fingerprint density at radius 1 is 1.61 bits per heavy atom. The van der Waals surface area contributed by atoms with Gasteiger partial charge < -0.3 is 14.6 Å². The van der Waals surface area contributed by atoms with Crippen molar-refractivity contribution in [2.75, 3.05) is 5.32 Å². The monoisotopic (exact) mass is 252 g/mol. The summed E-state index contributed by atoms with van der Waals surface area (Å²) in [6, 6.07) is 1.59. The first-order chi connectivity index (χ1) is 8.47. The van der Waals surface area contributed by atoms with Crippen molar-refractivity contribution in [3.05, 3.63) is 11.8 Å². The quantitative estimate of drug-likeness (QED) is 0.821. The van der Waals surface area contributed by atoms with E-state index in [2.05, 4.69) is 10.5 Å². The Kier molecular flexibility index (Phi) is 3.36. The lowest BCUT2D eigenvalue weighted by Crippen LogP contribution is -2.30. The summed E-state index contributed by atoms with van der Waals surface area (Å²) in [6.45, 7) is 5.24. The lowest BCUT2D eigenvalue weighted by molar-refractivity contribution is -0.154. The maximum absolute atomic E-state index is 11.7. The molecular formula is C12H16N2O4. The van der Waals surface area contributed by atoms with Crippen LogP contribution in [0.4, 0.5) is 5.82 Å². The molecule has 0 bridgehead atoms. The fourth-order valence-electron chi connectivity index (χ4n) is 1.62. The van der Waals surface area contributed by atoms with E-state index in [0.717, 1.165) is 6.42 Å². The topological polar surface area (TPSA) is 81.4 Å². The van der Waals surface area contributed by atoms with E-state index in [0.29, 0.717) is 17.5 Å². The zero-order chi connectivity index (χ0) is 13.3. The fraction of sp³-hybridized carbons (Fsp3) is 0.583. The number of rotatable bonds is 4. The second-order valence-electron chi connectivity index (χ2n) is 4.71. The molecule has 3 atom stereocenters. The molecule has 1 aliphatic rings. The van der Waals surface area contributed by atoms with Gasteiger partial charge in [0.25, 0.3) is 5.91 Å². The lowest BCUT2D eigenvalue weighted by Gasteiger charge is -2.11. The molecule has 1 N–H and O–H groups in total. The third kappa shape index (κ3) is 2.88. The van der Waals surface area contributed by atoms with Crippen LogP contribution in [0.1, 0.15) is 26.0 Å². The molecule has 0 spiro atoms. The second kappa shape index (κ2) is 4.80. The van der Waals surface area contributed by atoms with Crippen LogP contribution in [-0.2, 0) is 14.3 Å². The summed E-state index contributed by atoms with van der Waals surface area (Å²) in [5.41, 5.74) is 0. The first-order valence-corrected chi connectivity index (χ1v) is 5.92. The van der Waals surface area contributed by atoms with E-state index in [4.69, 9.17) is 9.26 Å². The van der Waals surface area contributed by atoms with Crippen molar-refractivity contribution in [1.82, 2.24) is 5.16 Å². The molecule has 1 aromatic heterocycles. The lowest BCUT2D eigenvalue weighted by atomic mass is 10.3. The summed E-state index contributed by atoms with van der Waals surface area (Å²) in [6.07, 6.45) is 0.0117. The number of nitrogens with one attached hydrogen (secondary N) is 1. The minimum atomic E-state index is -0.831. The average molecular weight is 252 g/mol. The molecule has 0 unspecified atom stereocenters. The first kappa shape index (κ1) is 12.6. The van der Waals surface area contributed by atoms with E-state index in [-0.39, 0.29) is 11.9 Å². The number of hydrogen-bond donors (Lipinski definition) is 1. The van der Waals surface area contributed by atoms with E-state index >= 15 is 0 Å². The third-order valence-corrected chi connectivity index (χ3v) is 2.95. The van der Waals surface area contributed by atoms with Gasteiger partial charge in [-0.05, 0) is 26.2 Å². The van der Waals surface area contributed by atoms with E-state index in [9.17, 15) is 9.59 Å². The van der Waals surface area contributed by atoms with Crippen molar-refractivity contribution in [3.8, 4) is 0 Å². The molecule has 1 amide bonds.